The van der Waals surface area contributed by atoms with Gasteiger partial charge in [-0.25, -0.2) is 9.97 Å². The van der Waals surface area contributed by atoms with Crippen molar-refractivity contribution in [3.63, 3.8) is 0 Å². The summed E-state index contributed by atoms with van der Waals surface area (Å²) in [6, 6.07) is 7.54. The minimum atomic E-state index is 0.0181. The van der Waals surface area contributed by atoms with Gasteiger partial charge in [-0.05, 0) is 56.9 Å². The fourth-order valence-corrected chi connectivity index (χ4v) is 4.99. The molecule has 0 radical (unpaired) electrons. The van der Waals surface area contributed by atoms with Crippen LogP contribution in [0.3, 0.4) is 0 Å². The molecule has 2 aromatic heterocycles. The Morgan fingerprint density at radius 1 is 1.18 bits per heavy atom. The van der Waals surface area contributed by atoms with Gasteiger partial charge in [0, 0.05) is 54.2 Å². The molecule has 0 spiro atoms. The van der Waals surface area contributed by atoms with E-state index in [9.17, 15) is 9.59 Å². The van der Waals surface area contributed by atoms with Crippen LogP contribution in [0.1, 0.15) is 65.8 Å². The summed E-state index contributed by atoms with van der Waals surface area (Å²) in [7, 11) is 0. The van der Waals surface area contributed by atoms with Crippen molar-refractivity contribution in [2.45, 2.75) is 52.9 Å². The van der Waals surface area contributed by atoms with Crippen LogP contribution >= 0.6 is 0 Å². The second-order valence-corrected chi connectivity index (χ2v) is 9.71. The maximum Gasteiger partial charge on any atom is 0.253 e. The summed E-state index contributed by atoms with van der Waals surface area (Å²) in [5.41, 5.74) is 3.48. The molecule has 7 heteroatoms. The minimum absolute atomic E-state index is 0.0181. The van der Waals surface area contributed by atoms with Gasteiger partial charge < -0.3 is 9.32 Å². The van der Waals surface area contributed by atoms with E-state index in [1.807, 2.05) is 47.9 Å². The summed E-state index contributed by atoms with van der Waals surface area (Å²) in [6.07, 6.45) is 2.02. The summed E-state index contributed by atoms with van der Waals surface area (Å²) in [5.74, 6) is 2.92. The molecule has 5 rings (SSSR count). The lowest BCUT2D eigenvalue weighted by atomic mass is 10.0. The number of rotatable bonds is 4. The van der Waals surface area contributed by atoms with Crippen molar-refractivity contribution in [1.82, 2.24) is 14.9 Å². The van der Waals surface area contributed by atoms with Crippen molar-refractivity contribution >= 4 is 28.6 Å². The highest BCUT2D eigenvalue weighted by molar-refractivity contribution is 5.98. The summed E-state index contributed by atoms with van der Waals surface area (Å²) in [6.45, 7) is 10.0. The monoisotopic (exact) mass is 446 g/mol. The second-order valence-electron chi connectivity index (χ2n) is 9.71. The van der Waals surface area contributed by atoms with Gasteiger partial charge in [0.1, 0.15) is 23.0 Å². The molecule has 1 atom stereocenters. The van der Waals surface area contributed by atoms with Crippen molar-refractivity contribution in [2.75, 3.05) is 24.5 Å². The zero-order valence-electron chi connectivity index (χ0n) is 19.7. The molecule has 0 saturated carbocycles. The third-order valence-corrected chi connectivity index (χ3v) is 6.63. The average Bonchev–Trinajstić information content (AvgIpc) is 3.40. The Morgan fingerprint density at radius 3 is 2.79 bits per heavy atom. The number of likely N-dealkylation sites (tertiary alicyclic amines) is 1. The first kappa shape index (κ1) is 21.6. The number of aryl methyl sites for hydroxylation is 2. The van der Waals surface area contributed by atoms with Crippen LogP contribution in [-0.2, 0) is 11.2 Å². The SMILES string of the molecule is Cc1cc2cc(C(=O)N3CC[C@H](c4nc(C)c5c(n4)N(CC(C)C)C(=O)CC5)C3)ccc2o1. The lowest BCUT2D eigenvalue weighted by Crippen LogP contribution is -2.39. The number of anilines is 1. The number of nitrogens with zero attached hydrogens (tertiary/aromatic N) is 4. The molecule has 3 aromatic rings. The summed E-state index contributed by atoms with van der Waals surface area (Å²) < 4.78 is 5.63. The first-order valence-corrected chi connectivity index (χ1v) is 11.8. The van der Waals surface area contributed by atoms with Crippen molar-refractivity contribution in [2.24, 2.45) is 5.92 Å². The number of carbonyl (C=O) groups is 2. The highest BCUT2D eigenvalue weighted by Crippen LogP contribution is 2.33. The fourth-order valence-electron chi connectivity index (χ4n) is 4.99. The van der Waals surface area contributed by atoms with E-state index in [4.69, 9.17) is 14.4 Å². The highest BCUT2D eigenvalue weighted by Gasteiger charge is 2.33. The van der Waals surface area contributed by atoms with Crippen molar-refractivity contribution in [3.05, 3.63) is 52.7 Å². The molecule has 0 aliphatic carbocycles. The van der Waals surface area contributed by atoms with Crippen LogP contribution in [-0.4, -0.2) is 46.3 Å². The molecule has 1 fully saturated rings. The maximum atomic E-state index is 13.2. The van der Waals surface area contributed by atoms with Gasteiger partial charge in [-0.2, -0.15) is 0 Å². The first-order valence-electron chi connectivity index (χ1n) is 11.8. The van der Waals surface area contributed by atoms with Crippen LogP contribution in [0.15, 0.2) is 28.7 Å². The smallest absolute Gasteiger partial charge is 0.253 e. The Hall–Kier alpha value is -3.22. The first-order chi connectivity index (χ1) is 15.8. The molecule has 2 aliphatic heterocycles. The lowest BCUT2D eigenvalue weighted by Gasteiger charge is -2.31. The number of fused-ring (bicyclic) bond motifs is 2. The van der Waals surface area contributed by atoms with Crippen LogP contribution in [0.25, 0.3) is 11.0 Å². The maximum absolute atomic E-state index is 13.2. The Labute approximate surface area is 193 Å². The fraction of sp³-hybridized carbons (Fsp3) is 0.462. The van der Waals surface area contributed by atoms with Gasteiger partial charge >= 0.3 is 0 Å². The van der Waals surface area contributed by atoms with Crippen molar-refractivity contribution in [1.29, 1.82) is 0 Å². The number of furan rings is 1. The second kappa shape index (κ2) is 8.28. The van der Waals surface area contributed by atoms with E-state index in [1.165, 1.54) is 0 Å². The third kappa shape index (κ3) is 4.01. The topological polar surface area (TPSA) is 79.5 Å². The molecule has 172 valence electrons. The standard InChI is InChI=1S/C26H30N4O3/c1-15(2)13-30-23(31)8-6-21-17(4)27-24(28-25(21)30)19-9-10-29(14-19)26(32)18-5-7-22-20(12-18)11-16(3)33-22/h5,7,11-12,15,19H,6,8-10,13-14H2,1-4H3/t19-/m0/s1. The van der Waals surface area contributed by atoms with Gasteiger partial charge in [0.15, 0.2) is 0 Å². The summed E-state index contributed by atoms with van der Waals surface area (Å²) in [4.78, 5) is 39.3. The molecular formula is C26H30N4O3. The van der Waals surface area contributed by atoms with Crippen LogP contribution in [0.4, 0.5) is 5.82 Å². The van der Waals surface area contributed by atoms with E-state index in [-0.39, 0.29) is 17.7 Å². The third-order valence-electron chi connectivity index (χ3n) is 6.63. The molecule has 33 heavy (non-hydrogen) atoms. The predicted molar refractivity (Wildman–Crippen MR) is 126 cm³/mol. The Kier molecular flexibility index (Phi) is 5.43. The van der Waals surface area contributed by atoms with E-state index in [2.05, 4.69) is 13.8 Å². The molecule has 1 saturated heterocycles. The normalized spacial score (nSPS) is 18.5. The van der Waals surface area contributed by atoms with E-state index < -0.39 is 0 Å². The molecule has 0 bridgehead atoms. The van der Waals surface area contributed by atoms with E-state index in [1.54, 1.807) is 0 Å². The Bertz CT molecular complexity index is 1250. The molecule has 0 N–H and O–H groups in total. The van der Waals surface area contributed by atoms with Gasteiger partial charge in [0.25, 0.3) is 5.91 Å². The van der Waals surface area contributed by atoms with E-state index in [0.29, 0.717) is 44.0 Å². The highest BCUT2D eigenvalue weighted by atomic mass is 16.3. The molecule has 4 heterocycles. The molecular weight excluding hydrogens is 416 g/mol. The number of hydrogen-bond donors (Lipinski definition) is 0. The van der Waals surface area contributed by atoms with Gasteiger partial charge in [0.2, 0.25) is 5.91 Å². The van der Waals surface area contributed by atoms with Gasteiger partial charge in [-0.3, -0.25) is 14.5 Å². The number of hydrogen-bond acceptors (Lipinski definition) is 5. The van der Waals surface area contributed by atoms with Crippen molar-refractivity contribution < 1.29 is 14.0 Å². The largest absolute Gasteiger partial charge is 0.461 e. The van der Waals surface area contributed by atoms with Gasteiger partial charge in [0.05, 0.1) is 0 Å². The zero-order chi connectivity index (χ0) is 23.3. The number of benzene rings is 1. The van der Waals surface area contributed by atoms with Crippen LogP contribution < -0.4 is 4.90 Å². The molecule has 7 nitrogen and oxygen atoms in total. The Morgan fingerprint density at radius 2 is 2.00 bits per heavy atom. The predicted octanol–water partition coefficient (Wildman–Crippen LogP) is 4.40. The van der Waals surface area contributed by atoms with Crippen molar-refractivity contribution in [3.8, 4) is 0 Å². The number of carbonyl (C=O) groups excluding carboxylic acids is 2. The lowest BCUT2D eigenvalue weighted by molar-refractivity contribution is -0.119. The van der Waals surface area contributed by atoms with Crippen LogP contribution in [0, 0.1) is 19.8 Å². The van der Waals surface area contributed by atoms with Crippen LogP contribution in [0.2, 0.25) is 0 Å². The molecule has 2 amide bonds. The van der Waals surface area contributed by atoms with Gasteiger partial charge in [-0.1, -0.05) is 13.8 Å². The number of amides is 2. The zero-order valence-corrected chi connectivity index (χ0v) is 19.7. The minimum Gasteiger partial charge on any atom is -0.461 e. The molecule has 1 aromatic carbocycles. The quantitative estimate of drug-likeness (QED) is 0.593. The van der Waals surface area contributed by atoms with Gasteiger partial charge in [-0.15, -0.1) is 0 Å². The molecule has 0 unspecified atom stereocenters. The van der Waals surface area contributed by atoms with E-state index >= 15 is 0 Å². The summed E-state index contributed by atoms with van der Waals surface area (Å²) >= 11 is 0. The summed E-state index contributed by atoms with van der Waals surface area (Å²) in [5, 5.41) is 0.942. The molecule has 2 aliphatic rings. The average molecular weight is 447 g/mol. The Balaban J connectivity index is 1.38. The van der Waals surface area contributed by atoms with Crippen LogP contribution in [0.5, 0.6) is 0 Å². The number of aromatic nitrogens is 2. The van der Waals surface area contributed by atoms with E-state index in [0.717, 1.165) is 46.0 Å².